The third kappa shape index (κ3) is 3.31. The molecule has 0 saturated carbocycles. The number of ether oxygens (including phenoxy) is 1. The molecule has 2 heterocycles. The third-order valence-corrected chi connectivity index (χ3v) is 3.09. The lowest BCUT2D eigenvalue weighted by molar-refractivity contribution is -0.139. The Morgan fingerprint density at radius 1 is 1.53 bits per heavy atom. The highest BCUT2D eigenvalue weighted by Gasteiger charge is 2.10. The van der Waals surface area contributed by atoms with Gasteiger partial charge in [-0.05, 0) is 19.9 Å². The number of aromatic nitrogens is 4. The maximum absolute atomic E-state index is 11.3. The summed E-state index contributed by atoms with van der Waals surface area (Å²) in [6.07, 6.45) is 1.53. The molecule has 0 aliphatic heterocycles. The highest BCUT2D eigenvalue weighted by molar-refractivity contribution is 7.99. The van der Waals surface area contributed by atoms with Crippen molar-refractivity contribution in [1.29, 1.82) is 0 Å². The molecule has 0 unspecified atom stereocenters. The largest absolute Gasteiger partial charge is 0.461 e. The minimum Gasteiger partial charge on any atom is -0.461 e. The van der Waals surface area contributed by atoms with Crippen LogP contribution < -0.4 is 0 Å². The van der Waals surface area contributed by atoms with E-state index in [0.717, 1.165) is 11.4 Å². The Bertz CT molecular complexity index is 623. The van der Waals surface area contributed by atoms with Crippen LogP contribution in [0.5, 0.6) is 0 Å². The van der Waals surface area contributed by atoms with Crippen molar-refractivity contribution in [3.8, 4) is 0 Å². The second-order valence-corrected chi connectivity index (χ2v) is 4.85. The number of aryl methyl sites for hydroxylation is 2. The highest BCUT2D eigenvalue weighted by atomic mass is 32.2. The number of hydrogen-bond acceptors (Lipinski definition) is 6. The van der Waals surface area contributed by atoms with Crippen LogP contribution in [0.2, 0.25) is 0 Å². The molecule has 0 saturated heterocycles. The zero-order valence-electron chi connectivity index (χ0n) is 10.8. The molecular weight excluding hydrogens is 264 g/mol. The lowest BCUT2D eigenvalue weighted by Crippen LogP contribution is -2.07. The normalized spacial score (nSPS) is 10.6. The molecule has 0 N–H and O–H groups in total. The van der Waals surface area contributed by atoms with Crippen LogP contribution in [0.4, 0.5) is 0 Å². The van der Waals surface area contributed by atoms with E-state index in [2.05, 4.69) is 21.6 Å². The fourth-order valence-electron chi connectivity index (χ4n) is 1.53. The molecule has 0 spiro atoms. The Hall–Kier alpha value is -1.89. The molecule has 6 nitrogen and oxygen atoms in total. The number of thioether (sulfide) groups is 1. The van der Waals surface area contributed by atoms with Crippen LogP contribution in [0, 0.1) is 13.8 Å². The first-order valence-corrected chi connectivity index (χ1v) is 6.69. The Morgan fingerprint density at radius 3 is 3.05 bits per heavy atom. The number of esters is 1. The summed E-state index contributed by atoms with van der Waals surface area (Å²) in [5.41, 5.74) is 1.84. The molecular formula is C12H14N4O2S. The fourth-order valence-corrected chi connectivity index (χ4v) is 2.14. The maximum atomic E-state index is 11.3. The maximum Gasteiger partial charge on any atom is 0.316 e. The summed E-state index contributed by atoms with van der Waals surface area (Å²) >= 11 is 1.23. The van der Waals surface area contributed by atoms with Gasteiger partial charge in [-0.2, -0.15) is 4.98 Å². The summed E-state index contributed by atoms with van der Waals surface area (Å²) in [6, 6.07) is 1.93. The van der Waals surface area contributed by atoms with Gasteiger partial charge in [0.05, 0.1) is 5.75 Å². The van der Waals surface area contributed by atoms with Gasteiger partial charge in [0.2, 0.25) is 5.16 Å². The van der Waals surface area contributed by atoms with Crippen molar-refractivity contribution in [2.45, 2.75) is 19.0 Å². The molecule has 19 heavy (non-hydrogen) atoms. The van der Waals surface area contributed by atoms with E-state index in [0.29, 0.717) is 10.9 Å². The van der Waals surface area contributed by atoms with Crippen LogP contribution in [-0.4, -0.2) is 37.9 Å². The predicted molar refractivity (Wildman–Crippen MR) is 72.1 cm³/mol. The van der Waals surface area contributed by atoms with E-state index in [9.17, 15) is 4.79 Å². The van der Waals surface area contributed by atoms with Crippen molar-refractivity contribution in [2.24, 2.45) is 0 Å². The van der Waals surface area contributed by atoms with E-state index < -0.39 is 0 Å². The first-order chi connectivity index (χ1) is 9.10. The predicted octanol–water partition coefficient (Wildman–Crippen LogP) is 1.56. The number of fused-ring (bicyclic) bond motifs is 1. The average Bonchev–Trinajstić information content (AvgIpc) is 2.77. The van der Waals surface area contributed by atoms with Crippen molar-refractivity contribution >= 4 is 23.5 Å². The molecule has 0 fully saturated rings. The quantitative estimate of drug-likeness (QED) is 0.469. The zero-order valence-corrected chi connectivity index (χ0v) is 11.6. The van der Waals surface area contributed by atoms with Gasteiger partial charge in [0.25, 0.3) is 5.78 Å². The van der Waals surface area contributed by atoms with Crippen LogP contribution in [0.3, 0.4) is 0 Å². The number of rotatable bonds is 5. The molecule has 0 aliphatic rings. The van der Waals surface area contributed by atoms with Gasteiger partial charge in [0.1, 0.15) is 6.61 Å². The lowest BCUT2D eigenvalue weighted by atomic mass is 10.4. The molecule has 2 rings (SSSR count). The Morgan fingerprint density at radius 2 is 2.32 bits per heavy atom. The van der Waals surface area contributed by atoms with Crippen LogP contribution in [0.25, 0.3) is 5.78 Å². The second-order valence-electron chi connectivity index (χ2n) is 3.91. The number of hydrogen-bond donors (Lipinski definition) is 0. The summed E-state index contributed by atoms with van der Waals surface area (Å²) in [7, 11) is 0. The van der Waals surface area contributed by atoms with Gasteiger partial charge < -0.3 is 4.74 Å². The van der Waals surface area contributed by atoms with Crippen molar-refractivity contribution in [1.82, 2.24) is 19.6 Å². The first-order valence-electron chi connectivity index (χ1n) is 5.70. The second kappa shape index (κ2) is 5.83. The van der Waals surface area contributed by atoms with E-state index in [1.54, 1.807) is 4.52 Å². The van der Waals surface area contributed by atoms with E-state index in [1.165, 1.54) is 17.8 Å². The number of carbonyl (C=O) groups is 1. The standard InChI is InChI=1S/C12H14N4O2S/c1-4-5-18-10(17)7-19-12-14-11-13-8(2)6-9(3)16(11)15-12/h4,6H,1,5,7H2,2-3H3. The van der Waals surface area contributed by atoms with Gasteiger partial charge in [-0.1, -0.05) is 24.4 Å². The molecule has 7 heteroatoms. The van der Waals surface area contributed by atoms with Gasteiger partial charge >= 0.3 is 5.97 Å². The molecule has 2 aromatic heterocycles. The Kier molecular flexibility index (Phi) is 4.16. The summed E-state index contributed by atoms with van der Waals surface area (Å²) in [6.45, 7) is 7.54. The van der Waals surface area contributed by atoms with Crippen LogP contribution in [-0.2, 0) is 9.53 Å². The molecule has 0 radical (unpaired) electrons. The summed E-state index contributed by atoms with van der Waals surface area (Å²) in [5, 5.41) is 4.79. The topological polar surface area (TPSA) is 69.4 Å². The molecule has 0 aliphatic carbocycles. The van der Waals surface area contributed by atoms with E-state index >= 15 is 0 Å². The van der Waals surface area contributed by atoms with Crippen LogP contribution >= 0.6 is 11.8 Å². The molecule has 0 aromatic carbocycles. The monoisotopic (exact) mass is 278 g/mol. The SMILES string of the molecule is C=CCOC(=O)CSc1nc2nc(C)cc(C)n2n1. The average molecular weight is 278 g/mol. The molecule has 100 valence electrons. The summed E-state index contributed by atoms with van der Waals surface area (Å²) in [4.78, 5) is 19.9. The van der Waals surface area contributed by atoms with Gasteiger partial charge in [-0.15, -0.1) is 5.10 Å². The van der Waals surface area contributed by atoms with Gasteiger partial charge in [-0.3, -0.25) is 4.79 Å². The van der Waals surface area contributed by atoms with Crippen LogP contribution in [0.1, 0.15) is 11.4 Å². The van der Waals surface area contributed by atoms with E-state index in [1.807, 2.05) is 19.9 Å². The highest BCUT2D eigenvalue weighted by Crippen LogP contribution is 2.15. The van der Waals surface area contributed by atoms with Crippen molar-refractivity contribution in [3.63, 3.8) is 0 Å². The van der Waals surface area contributed by atoms with Gasteiger partial charge in [-0.25, -0.2) is 9.50 Å². The minimum absolute atomic E-state index is 0.169. The lowest BCUT2D eigenvalue weighted by Gasteiger charge is -1.98. The van der Waals surface area contributed by atoms with Crippen molar-refractivity contribution < 1.29 is 9.53 Å². The number of carbonyl (C=O) groups excluding carboxylic acids is 1. The zero-order chi connectivity index (χ0) is 13.8. The molecule has 0 atom stereocenters. The number of nitrogens with zero attached hydrogens (tertiary/aromatic N) is 4. The Labute approximate surface area is 114 Å². The summed E-state index contributed by atoms with van der Waals surface area (Å²) in [5.74, 6) is 0.395. The molecule has 0 bridgehead atoms. The van der Waals surface area contributed by atoms with Gasteiger partial charge in [0, 0.05) is 11.4 Å². The van der Waals surface area contributed by atoms with E-state index in [-0.39, 0.29) is 18.3 Å². The van der Waals surface area contributed by atoms with Crippen molar-refractivity contribution in [3.05, 3.63) is 30.1 Å². The summed E-state index contributed by atoms with van der Waals surface area (Å²) < 4.78 is 6.53. The van der Waals surface area contributed by atoms with E-state index in [4.69, 9.17) is 4.74 Å². The van der Waals surface area contributed by atoms with Crippen molar-refractivity contribution in [2.75, 3.05) is 12.4 Å². The van der Waals surface area contributed by atoms with Gasteiger partial charge in [0.15, 0.2) is 0 Å². The minimum atomic E-state index is -0.315. The Balaban J connectivity index is 2.07. The first kappa shape index (κ1) is 13.5. The smallest absolute Gasteiger partial charge is 0.316 e. The third-order valence-electron chi connectivity index (χ3n) is 2.28. The fraction of sp³-hybridized carbons (Fsp3) is 0.333. The molecule has 0 amide bonds. The van der Waals surface area contributed by atoms with Crippen LogP contribution in [0.15, 0.2) is 23.9 Å². The molecule has 2 aromatic rings.